The lowest BCUT2D eigenvalue weighted by Gasteiger charge is -2.38. The van der Waals surface area contributed by atoms with Gasteiger partial charge in [0.25, 0.3) is 0 Å². The Morgan fingerprint density at radius 2 is 1.95 bits per heavy atom. The molecule has 2 atom stereocenters. The fourth-order valence-electron chi connectivity index (χ4n) is 2.92. The maximum Gasteiger partial charge on any atom is 0.309 e. The van der Waals surface area contributed by atoms with E-state index in [2.05, 4.69) is 4.90 Å². The molecule has 0 saturated carbocycles. The standard InChI is InChI=1S/C14H24N2O4/c1-11(13(17)15-6-8-20-9-7-15)16-5-3-4-12(10-16)14(18)19-2/h11-12H,3-10H2,1-2H3. The van der Waals surface area contributed by atoms with Gasteiger partial charge in [-0.15, -0.1) is 0 Å². The highest BCUT2D eigenvalue weighted by Gasteiger charge is 2.33. The number of methoxy groups -OCH3 is 1. The molecule has 20 heavy (non-hydrogen) atoms. The van der Waals surface area contributed by atoms with Gasteiger partial charge < -0.3 is 14.4 Å². The Balaban J connectivity index is 1.92. The van der Waals surface area contributed by atoms with Gasteiger partial charge in [0.05, 0.1) is 32.3 Å². The van der Waals surface area contributed by atoms with Crippen LogP contribution in [0.2, 0.25) is 0 Å². The molecule has 0 aliphatic carbocycles. The quantitative estimate of drug-likeness (QED) is 0.689. The van der Waals surface area contributed by atoms with Crippen molar-refractivity contribution in [3.63, 3.8) is 0 Å². The molecule has 0 aromatic rings. The van der Waals surface area contributed by atoms with E-state index in [1.807, 2.05) is 11.8 Å². The number of likely N-dealkylation sites (tertiary alicyclic amines) is 1. The molecule has 0 aromatic heterocycles. The number of piperidine rings is 1. The summed E-state index contributed by atoms with van der Waals surface area (Å²) in [7, 11) is 1.42. The molecule has 0 N–H and O–H groups in total. The zero-order chi connectivity index (χ0) is 14.5. The summed E-state index contributed by atoms with van der Waals surface area (Å²) in [4.78, 5) is 28.1. The van der Waals surface area contributed by atoms with Gasteiger partial charge >= 0.3 is 5.97 Å². The monoisotopic (exact) mass is 284 g/mol. The molecule has 2 aliphatic rings. The van der Waals surface area contributed by atoms with Crippen LogP contribution in [0.5, 0.6) is 0 Å². The van der Waals surface area contributed by atoms with Gasteiger partial charge in [0.1, 0.15) is 0 Å². The number of carbonyl (C=O) groups excluding carboxylic acids is 2. The summed E-state index contributed by atoms with van der Waals surface area (Å²) in [6.45, 7) is 5.97. The summed E-state index contributed by atoms with van der Waals surface area (Å²) in [6, 6.07) is -0.180. The van der Waals surface area contributed by atoms with Crippen molar-refractivity contribution in [1.82, 2.24) is 9.80 Å². The fourth-order valence-corrected chi connectivity index (χ4v) is 2.92. The van der Waals surface area contributed by atoms with E-state index in [4.69, 9.17) is 9.47 Å². The third-order valence-electron chi connectivity index (χ3n) is 4.22. The van der Waals surface area contributed by atoms with E-state index in [1.165, 1.54) is 7.11 Å². The number of amides is 1. The molecule has 1 amide bonds. The Morgan fingerprint density at radius 3 is 2.60 bits per heavy atom. The first-order valence-corrected chi connectivity index (χ1v) is 7.32. The highest BCUT2D eigenvalue weighted by atomic mass is 16.5. The lowest BCUT2D eigenvalue weighted by Crippen LogP contribution is -2.53. The molecule has 2 heterocycles. The van der Waals surface area contributed by atoms with E-state index in [0.717, 1.165) is 19.4 Å². The number of hydrogen-bond donors (Lipinski definition) is 0. The number of rotatable bonds is 3. The van der Waals surface area contributed by atoms with Crippen LogP contribution >= 0.6 is 0 Å². The molecule has 0 radical (unpaired) electrons. The Hall–Kier alpha value is -1.14. The van der Waals surface area contributed by atoms with E-state index in [-0.39, 0.29) is 23.8 Å². The molecule has 2 fully saturated rings. The number of esters is 1. The average molecular weight is 284 g/mol. The van der Waals surface area contributed by atoms with Crippen LogP contribution in [0.4, 0.5) is 0 Å². The van der Waals surface area contributed by atoms with Gasteiger partial charge in [0, 0.05) is 19.6 Å². The number of nitrogens with zero attached hydrogens (tertiary/aromatic N) is 2. The van der Waals surface area contributed by atoms with E-state index in [1.54, 1.807) is 0 Å². The van der Waals surface area contributed by atoms with Gasteiger partial charge in [-0.3, -0.25) is 14.5 Å². The lowest BCUT2D eigenvalue weighted by atomic mass is 9.97. The van der Waals surface area contributed by atoms with Crippen LogP contribution in [0.1, 0.15) is 19.8 Å². The maximum atomic E-state index is 12.5. The Kier molecular flexibility index (Phi) is 5.37. The minimum Gasteiger partial charge on any atom is -0.469 e. The van der Waals surface area contributed by atoms with Gasteiger partial charge in [-0.1, -0.05) is 0 Å². The smallest absolute Gasteiger partial charge is 0.309 e. The molecule has 2 unspecified atom stereocenters. The third kappa shape index (κ3) is 3.49. The van der Waals surface area contributed by atoms with Crippen molar-refractivity contribution in [2.45, 2.75) is 25.8 Å². The molecule has 0 aromatic carbocycles. The predicted molar refractivity (Wildman–Crippen MR) is 73.2 cm³/mol. The van der Waals surface area contributed by atoms with Gasteiger partial charge in [-0.05, 0) is 26.3 Å². The van der Waals surface area contributed by atoms with Crippen LogP contribution in [0.3, 0.4) is 0 Å². The predicted octanol–water partition coefficient (Wildman–Crippen LogP) is 0.119. The molecule has 0 bridgehead atoms. The van der Waals surface area contributed by atoms with Gasteiger partial charge in [0.15, 0.2) is 0 Å². The van der Waals surface area contributed by atoms with Crippen LogP contribution < -0.4 is 0 Å². The Labute approximate surface area is 120 Å². The summed E-state index contributed by atoms with van der Waals surface area (Å²) in [5, 5.41) is 0. The Morgan fingerprint density at radius 1 is 1.25 bits per heavy atom. The maximum absolute atomic E-state index is 12.5. The van der Waals surface area contributed by atoms with Crippen LogP contribution in [0, 0.1) is 5.92 Å². The summed E-state index contributed by atoms with van der Waals surface area (Å²) in [5.74, 6) is -0.131. The zero-order valence-corrected chi connectivity index (χ0v) is 12.3. The second-order valence-electron chi connectivity index (χ2n) is 5.47. The number of morpholine rings is 1. The van der Waals surface area contributed by atoms with Crippen molar-refractivity contribution in [3.8, 4) is 0 Å². The molecule has 2 saturated heterocycles. The van der Waals surface area contributed by atoms with Crippen LogP contribution in [0.25, 0.3) is 0 Å². The van der Waals surface area contributed by atoms with Gasteiger partial charge in [-0.25, -0.2) is 0 Å². The molecule has 2 aliphatic heterocycles. The molecule has 114 valence electrons. The molecular weight excluding hydrogens is 260 g/mol. The van der Waals surface area contributed by atoms with E-state index < -0.39 is 0 Å². The zero-order valence-electron chi connectivity index (χ0n) is 12.3. The van der Waals surface area contributed by atoms with Crippen molar-refractivity contribution in [3.05, 3.63) is 0 Å². The summed E-state index contributed by atoms with van der Waals surface area (Å²) in [6.07, 6.45) is 1.78. The summed E-state index contributed by atoms with van der Waals surface area (Å²) in [5.41, 5.74) is 0. The fraction of sp³-hybridized carbons (Fsp3) is 0.857. The first kappa shape index (κ1) is 15.3. The van der Waals surface area contributed by atoms with E-state index >= 15 is 0 Å². The van der Waals surface area contributed by atoms with E-state index in [0.29, 0.717) is 32.8 Å². The minimum atomic E-state index is -0.180. The molecular formula is C14H24N2O4. The third-order valence-corrected chi connectivity index (χ3v) is 4.22. The lowest BCUT2D eigenvalue weighted by molar-refractivity contribution is -0.150. The van der Waals surface area contributed by atoms with Crippen LogP contribution in [0.15, 0.2) is 0 Å². The van der Waals surface area contributed by atoms with E-state index in [9.17, 15) is 9.59 Å². The minimum absolute atomic E-state index is 0.103. The van der Waals surface area contributed by atoms with Crippen molar-refractivity contribution in [2.75, 3.05) is 46.5 Å². The number of hydrogen-bond acceptors (Lipinski definition) is 5. The second kappa shape index (κ2) is 7.04. The molecule has 0 spiro atoms. The van der Waals surface area contributed by atoms with Crippen molar-refractivity contribution < 1.29 is 19.1 Å². The SMILES string of the molecule is COC(=O)C1CCCN(C(C)C(=O)N2CCOCC2)C1. The van der Waals surface area contributed by atoms with Crippen LogP contribution in [-0.4, -0.2) is 74.2 Å². The highest BCUT2D eigenvalue weighted by Crippen LogP contribution is 2.20. The first-order valence-electron chi connectivity index (χ1n) is 7.32. The Bertz CT molecular complexity index is 355. The van der Waals surface area contributed by atoms with Crippen molar-refractivity contribution in [2.24, 2.45) is 5.92 Å². The number of carbonyl (C=O) groups is 2. The highest BCUT2D eigenvalue weighted by molar-refractivity contribution is 5.81. The first-order chi connectivity index (χ1) is 9.63. The van der Waals surface area contributed by atoms with Gasteiger partial charge in [0.2, 0.25) is 5.91 Å². The topological polar surface area (TPSA) is 59.1 Å². The van der Waals surface area contributed by atoms with Gasteiger partial charge in [-0.2, -0.15) is 0 Å². The van der Waals surface area contributed by atoms with Crippen molar-refractivity contribution >= 4 is 11.9 Å². The summed E-state index contributed by atoms with van der Waals surface area (Å²) < 4.78 is 10.1. The second-order valence-corrected chi connectivity index (χ2v) is 5.47. The summed E-state index contributed by atoms with van der Waals surface area (Å²) >= 11 is 0. The molecule has 6 nitrogen and oxygen atoms in total. The molecule has 6 heteroatoms. The molecule has 2 rings (SSSR count). The largest absolute Gasteiger partial charge is 0.469 e. The van der Waals surface area contributed by atoms with Crippen LogP contribution in [-0.2, 0) is 19.1 Å². The number of ether oxygens (including phenoxy) is 2. The van der Waals surface area contributed by atoms with Crippen molar-refractivity contribution in [1.29, 1.82) is 0 Å². The normalized spacial score (nSPS) is 26.1. The average Bonchev–Trinajstić information content (AvgIpc) is 2.53.